The zero-order valence-corrected chi connectivity index (χ0v) is 22.4. The molecule has 8 nitrogen and oxygen atoms in total. The summed E-state index contributed by atoms with van der Waals surface area (Å²) in [6, 6.07) is 3.14. The van der Waals surface area contributed by atoms with Crippen molar-refractivity contribution in [1.29, 1.82) is 0 Å². The predicted molar refractivity (Wildman–Crippen MR) is 146 cm³/mol. The lowest BCUT2D eigenvalue weighted by molar-refractivity contribution is 0.0746. The van der Waals surface area contributed by atoms with Crippen LogP contribution in [0.5, 0.6) is 0 Å². The van der Waals surface area contributed by atoms with E-state index >= 15 is 0 Å². The number of piperazine rings is 1. The maximum absolute atomic E-state index is 12.7. The summed E-state index contributed by atoms with van der Waals surface area (Å²) in [5.41, 5.74) is 1.65. The molecule has 0 bridgehead atoms. The van der Waals surface area contributed by atoms with Crippen molar-refractivity contribution in [2.24, 2.45) is 11.8 Å². The molecule has 200 valence electrons. The topological polar surface area (TPSA) is 78.3 Å². The van der Waals surface area contributed by atoms with Crippen LogP contribution in [0, 0.1) is 11.8 Å². The zero-order chi connectivity index (χ0) is 25.0. The van der Waals surface area contributed by atoms with Crippen LogP contribution in [0.3, 0.4) is 0 Å². The van der Waals surface area contributed by atoms with Crippen molar-refractivity contribution in [3.63, 3.8) is 0 Å². The minimum Gasteiger partial charge on any atom is -0.351 e. The van der Waals surface area contributed by atoms with E-state index in [9.17, 15) is 4.79 Å². The molecule has 2 N–H and O–H groups in total. The van der Waals surface area contributed by atoms with Gasteiger partial charge in [0.15, 0.2) is 0 Å². The van der Waals surface area contributed by atoms with Crippen LogP contribution in [-0.2, 0) is 5.54 Å². The molecule has 2 aromatic rings. The van der Waals surface area contributed by atoms with E-state index in [1.165, 1.54) is 84.1 Å². The third-order valence-corrected chi connectivity index (χ3v) is 10.3. The van der Waals surface area contributed by atoms with Gasteiger partial charge >= 0.3 is 0 Å². The van der Waals surface area contributed by atoms with Crippen LogP contribution in [-0.4, -0.2) is 81.6 Å². The summed E-state index contributed by atoms with van der Waals surface area (Å²) in [7, 11) is 0. The maximum Gasteiger partial charge on any atom is 0.268 e. The van der Waals surface area contributed by atoms with Gasteiger partial charge in [-0.25, -0.2) is 4.98 Å². The number of nitrogens with one attached hydrogen (secondary N) is 2. The summed E-state index contributed by atoms with van der Waals surface area (Å²) in [5.74, 6) is 2.67. The van der Waals surface area contributed by atoms with Crippen molar-refractivity contribution >= 4 is 22.9 Å². The Morgan fingerprint density at radius 3 is 2.57 bits per heavy atom. The molecule has 2 atom stereocenters. The fraction of sp³-hybridized carbons (Fsp3) is 0.759. The van der Waals surface area contributed by atoms with Gasteiger partial charge in [0, 0.05) is 62.9 Å². The summed E-state index contributed by atoms with van der Waals surface area (Å²) in [6.45, 7) is 9.40. The Kier molecular flexibility index (Phi) is 6.15. The molecule has 2 aliphatic heterocycles. The van der Waals surface area contributed by atoms with E-state index in [0.29, 0.717) is 12.6 Å². The first kappa shape index (κ1) is 23.9. The molecule has 5 aliphatic rings. The molecule has 1 spiro atoms. The predicted octanol–water partition coefficient (Wildman–Crippen LogP) is 3.83. The second-order valence-electron chi connectivity index (χ2n) is 12.8. The Balaban J connectivity index is 0.993. The molecular weight excluding hydrogens is 462 g/mol. The molecule has 4 fully saturated rings. The van der Waals surface area contributed by atoms with E-state index in [0.717, 1.165) is 53.4 Å². The average Bonchev–Trinajstić information content (AvgIpc) is 3.47. The number of carbonyl (C=O) groups is 1. The fourth-order valence-electron chi connectivity index (χ4n) is 7.79. The summed E-state index contributed by atoms with van der Waals surface area (Å²) in [6.07, 6.45) is 14.1. The molecule has 1 saturated heterocycles. The minimum atomic E-state index is -0.0339. The monoisotopic (exact) mass is 505 g/mol. The third-order valence-electron chi connectivity index (χ3n) is 10.3. The van der Waals surface area contributed by atoms with E-state index in [4.69, 9.17) is 4.98 Å². The van der Waals surface area contributed by atoms with E-state index in [2.05, 4.69) is 36.9 Å². The van der Waals surface area contributed by atoms with E-state index in [1.807, 2.05) is 12.3 Å². The number of hydrogen-bond donors (Lipinski definition) is 2. The molecule has 37 heavy (non-hydrogen) atoms. The number of fused-ring (bicyclic) bond motifs is 4. The van der Waals surface area contributed by atoms with Crippen LogP contribution in [0.4, 0.5) is 5.95 Å². The lowest BCUT2D eigenvalue weighted by atomic mass is 9.80. The number of amides is 1. The second-order valence-corrected chi connectivity index (χ2v) is 12.8. The first-order valence-electron chi connectivity index (χ1n) is 15.0. The highest BCUT2D eigenvalue weighted by Crippen LogP contribution is 2.41. The fourth-order valence-corrected chi connectivity index (χ4v) is 7.79. The molecule has 1 amide bonds. The maximum atomic E-state index is 12.7. The molecule has 4 heterocycles. The van der Waals surface area contributed by atoms with E-state index < -0.39 is 0 Å². The Morgan fingerprint density at radius 1 is 1.08 bits per heavy atom. The van der Waals surface area contributed by atoms with Crippen molar-refractivity contribution in [2.75, 3.05) is 44.6 Å². The van der Waals surface area contributed by atoms with Gasteiger partial charge in [-0.1, -0.05) is 26.2 Å². The Morgan fingerprint density at radius 2 is 1.84 bits per heavy atom. The standard InChI is InChI=1S/C29H43N7O/c1-20-15-22(20)18-34-11-13-35(14-12-34)24-7-5-23(6-8-24)32-28-30-17-21-16-25-27(37)31-19-29(9-3-2-4-10-29)36(25)26(21)33-28/h16-17,20,22-24H,2-15,18-19H2,1H3,(H,31,37)(H,30,32,33)/t20?,22?,23-,24+. The molecule has 0 radical (unpaired) electrons. The average molecular weight is 506 g/mol. The van der Waals surface area contributed by atoms with Gasteiger partial charge < -0.3 is 20.1 Å². The smallest absolute Gasteiger partial charge is 0.268 e. The van der Waals surface area contributed by atoms with E-state index in [1.54, 1.807) is 0 Å². The zero-order valence-electron chi connectivity index (χ0n) is 22.4. The second kappa shape index (κ2) is 9.53. The molecular formula is C29H43N7O. The highest BCUT2D eigenvalue weighted by molar-refractivity contribution is 5.99. The Hall–Kier alpha value is -2.19. The molecule has 2 unspecified atom stereocenters. The first-order valence-corrected chi connectivity index (χ1v) is 15.0. The van der Waals surface area contributed by atoms with Crippen molar-refractivity contribution < 1.29 is 4.79 Å². The van der Waals surface area contributed by atoms with Crippen LogP contribution < -0.4 is 10.6 Å². The van der Waals surface area contributed by atoms with Gasteiger partial charge in [0.2, 0.25) is 5.95 Å². The Bertz CT molecular complexity index is 1140. The number of hydrogen-bond acceptors (Lipinski definition) is 6. The highest BCUT2D eigenvalue weighted by Gasteiger charge is 2.42. The van der Waals surface area contributed by atoms with Crippen LogP contribution >= 0.6 is 0 Å². The van der Waals surface area contributed by atoms with Crippen LogP contribution in [0.25, 0.3) is 11.0 Å². The van der Waals surface area contributed by atoms with E-state index in [-0.39, 0.29) is 11.4 Å². The number of carbonyl (C=O) groups excluding carboxylic acids is 1. The van der Waals surface area contributed by atoms with Gasteiger partial charge in [-0.2, -0.15) is 4.98 Å². The summed E-state index contributed by atoms with van der Waals surface area (Å²) < 4.78 is 2.27. The first-order chi connectivity index (χ1) is 18.1. The number of nitrogens with zero attached hydrogens (tertiary/aromatic N) is 5. The summed E-state index contributed by atoms with van der Waals surface area (Å²) in [5, 5.41) is 7.80. The van der Waals surface area contributed by atoms with Crippen molar-refractivity contribution in [3.05, 3.63) is 18.0 Å². The van der Waals surface area contributed by atoms with Gasteiger partial charge in [0.25, 0.3) is 5.91 Å². The molecule has 7 rings (SSSR count). The molecule has 0 aromatic carbocycles. The molecule has 3 aliphatic carbocycles. The minimum absolute atomic E-state index is 0.0185. The largest absolute Gasteiger partial charge is 0.351 e. The summed E-state index contributed by atoms with van der Waals surface area (Å²) in [4.78, 5) is 27.9. The third kappa shape index (κ3) is 4.54. The van der Waals surface area contributed by atoms with Gasteiger partial charge in [-0.05, 0) is 62.8 Å². The van der Waals surface area contributed by atoms with Gasteiger partial charge in [0.1, 0.15) is 11.3 Å². The van der Waals surface area contributed by atoms with Crippen LogP contribution in [0.15, 0.2) is 12.3 Å². The van der Waals surface area contributed by atoms with Gasteiger partial charge in [0.05, 0.1) is 5.54 Å². The highest BCUT2D eigenvalue weighted by atomic mass is 16.2. The van der Waals surface area contributed by atoms with Crippen LogP contribution in [0.2, 0.25) is 0 Å². The SMILES string of the molecule is CC1CC1CN1CCN([C@H]2CC[C@@H](Nc3ncc4cc5n(c4n3)C3(CCCCC3)CNC5=O)CC2)CC1. The number of aromatic nitrogens is 3. The normalized spacial score (nSPS) is 32.3. The van der Waals surface area contributed by atoms with Gasteiger partial charge in [-0.15, -0.1) is 0 Å². The Labute approximate surface area is 220 Å². The lowest BCUT2D eigenvalue weighted by Gasteiger charge is -2.43. The molecule has 8 heteroatoms. The number of anilines is 1. The quantitative estimate of drug-likeness (QED) is 0.643. The molecule has 2 aromatic heterocycles. The van der Waals surface area contributed by atoms with Crippen molar-refractivity contribution in [2.45, 2.75) is 88.8 Å². The lowest BCUT2D eigenvalue weighted by Crippen LogP contribution is -2.52. The van der Waals surface area contributed by atoms with Gasteiger partial charge in [-0.3, -0.25) is 9.69 Å². The number of rotatable bonds is 5. The van der Waals surface area contributed by atoms with Crippen molar-refractivity contribution in [1.82, 2.24) is 29.7 Å². The van der Waals surface area contributed by atoms with Crippen LogP contribution in [0.1, 0.15) is 81.6 Å². The summed E-state index contributed by atoms with van der Waals surface area (Å²) >= 11 is 0. The molecule has 3 saturated carbocycles. The van der Waals surface area contributed by atoms with Crippen molar-refractivity contribution in [3.8, 4) is 0 Å².